The third-order valence-electron chi connectivity index (χ3n) is 7.25. The molecule has 14 heteroatoms. The second-order valence-corrected chi connectivity index (χ2v) is 9.68. The van der Waals surface area contributed by atoms with Gasteiger partial charge in [0.05, 0.1) is 0 Å². The maximum absolute atomic E-state index is 13.8. The summed E-state index contributed by atoms with van der Waals surface area (Å²) in [5, 5.41) is 22.7. The third-order valence-corrected chi connectivity index (χ3v) is 7.25. The molecule has 0 atom stereocenters. The molecular weight excluding hydrogens is 596 g/mol. The predicted molar refractivity (Wildman–Crippen MR) is 128 cm³/mol. The summed E-state index contributed by atoms with van der Waals surface area (Å²) in [5.41, 5.74) is -18.0. The van der Waals surface area contributed by atoms with E-state index in [1.165, 1.54) is 18.2 Å². The minimum atomic E-state index is -6.65. The second-order valence-electron chi connectivity index (χ2n) is 9.68. The molecular formula is C28H14F12O2. The van der Waals surface area contributed by atoms with Crippen molar-refractivity contribution in [1.82, 2.24) is 0 Å². The van der Waals surface area contributed by atoms with Crippen molar-refractivity contribution in [3.05, 3.63) is 83.9 Å². The van der Waals surface area contributed by atoms with Gasteiger partial charge in [-0.1, -0.05) is 54.6 Å². The van der Waals surface area contributed by atoms with E-state index in [9.17, 15) is 62.9 Å². The standard InChI is InChI=1S/C28H14F12O2/c29-25(30,31)23(41,26(32,33)34)17-10-16(11-18(12-17)24(42,27(35,36)37)28(38,39)40)19-8-6-15-5-4-13-2-1-3-14-7-9-20(19)22(15)21(13)14/h1-12,41-42H. The first-order chi connectivity index (χ1) is 19.1. The Labute approximate surface area is 226 Å². The van der Waals surface area contributed by atoms with E-state index in [-0.39, 0.29) is 23.1 Å². The van der Waals surface area contributed by atoms with Crippen LogP contribution in [0.4, 0.5) is 52.7 Å². The van der Waals surface area contributed by atoms with Crippen LogP contribution in [0.15, 0.2) is 72.8 Å². The summed E-state index contributed by atoms with van der Waals surface area (Å²) >= 11 is 0. The van der Waals surface area contributed by atoms with E-state index in [0.29, 0.717) is 26.9 Å². The molecule has 0 unspecified atom stereocenters. The number of halogens is 12. The van der Waals surface area contributed by atoms with Crippen molar-refractivity contribution < 1.29 is 62.9 Å². The highest BCUT2D eigenvalue weighted by molar-refractivity contribution is 6.25. The van der Waals surface area contributed by atoms with Crippen LogP contribution in [0, 0.1) is 0 Å². The van der Waals surface area contributed by atoms with Gasteiger partial charge in [0.1, 0.15) is 0 Å². The Hall–Kier alpha value is -3.78. The maximum Gasteiger partial charge on any atom is 0.430 e. The van der Waals surface area contributed by atoms with Gasteiger partial charge in [-0.3, -0.25) is 0 Å². The van der Waals surface area contributed by atoms with E-state index >= 15 is 0 Å². The molecule has 0 spiro atoms. The summed E-state index contributed by atoms with van der Waals surface area (Å²) in [6, 6.07) is 12.9. The molecule has 0 bridgehead atoms. The van der Waals surface area contributed by atoms with Crippen molar-refractivity contribution >= 4 is 32.3 Å². The monoisotopic (exact) mass is 610 g/mol. The van der Waals surface area contributed by atoms with Gasteiger partial charge in [-0.15, -0.1) is 0 Å². The van der Waals surface area contributed by atoms with Gasteiger partial charge in [0.2, 0.25) is 0 Å². The molecule has 0 fully saturated rings. The van der Waals surface area contributed by atoms with Gasteiger partial charge in [-0.05, 0) is 61.6 Å². The Kier molecular flexibility index (Phi) is 6.27. The van der Waals surface area contributed by atoms with Crippen LogP contribution in [-0.2, 0) is 11.2 Å². The van der Waals surface area contributed by atoms with E-state index in [1.807, 2.05) is 0 Å². The number of benzene rings is 5. The van der Waals surface area contributed by atoms with Crippen molar-refractivity contribution in [2.24, 2.45) is 0 Å². The lowest BCUT2D eigenvalue weighted by Gasteiger charge is -2.36. The van der Waals surface area contributed by atoms with Crippen molar-refractivity contribution in [3.8, 4) is 11.1 Å². The summed E-state index contributed by atoms with van der Waals surface area (Å²) in [5.74, 6) is 0. The minimum absolute atomic E-state index is 0.00377. The molecule has 2 nitrogen and oxygen atoms in total. The second kappa shape index (κ2) is 8.86. The molecule has 2 N–H and O–H groups in total. The average molecular weight is 610 g/mol. The lowest BCUT2D eigenvalue weighted by Crippen LogP contribution is -2.55. The predicted octanol–water partition coefficient (Wildman–Crippen LogP) is 8.88. The molecule has 0 heterocycles. The molecule has 0 aliphatic heterocycles. The molecule has 0 aliphatic carbocycles. The van der Waals surface area contributed by atoms with Crippen molar-refractivity contribution in [2.75, 3.05) is 0 Å². The van der Waals surface area contributed by atoms with Gasteiger partial charge in [0.15, 0.2) is 0 Å². The van der Waals surface area contributed by atoms with Crippen LogP contribution < -0.4 is 0 Å². The normalized spacial score (nSPS) is 14.4. The SMILES string of the molecule is OC(c1cc(-c2ccc3ccc4cccc5ccc2c3c45)cc(C(O)(C(F)(F)F)C(F)(F)F)c1)(C(F)(F)F)C(F)(F)F. The summed E-state index contributed by atoms with van der Waals surface area (Å²) < 4.78 is 165. The largest absolute Gasteiger partial charge is 0.430 e. The molecule has 0 aliphatic rings. The molecule has 222 valence electrons. The highest BCUT2D eigenvalue weighted by Gasteiger charge is 2.74. The lowest BCUT2D eigenvalue weighted by atomic mass is 9.82. The third kappa shape index (κ3) is 4.06. The van der Waals surface area contributed by atoms with Crippen LogP contribution in [0.2, 0.25) is 0 Å². The summed E-state index contributed by atoms with van der Waals surface area (Å²) in [6.45, 7) is 0. The van der Waals surface area contributed by atoms with E-state index in [2.05, 4.69) is 0 Å². The van der Waals surface area contributed by atoms with Crippen molar-refractivity contribution in [3.63, 3.8) is 0 Å². The Morgan fingerprint density at radius 1 is 0.429 bits per heavy atom. The molecule has 42 heavy (non-hydrogen) atoms. The maximum atomic E-state index is 13.8. The van der Waals surface area contributed by atoms with E-state index in [1.54, 1.807) is 30.3 Å². The summed E-state index contributed by atoms with van der Waals surface area (Å²) in [7, 11) is 0. The molecule has 0 radical (unpaired) electrons. The quantitative estimate of drug-likeness (QED) is 0.158. The molecule has 0 saturated carbocycles. The number of hydrogen-bond acceptors (Lipinski definition) is 2. The van der Waals surface area contributed by atoms with E-state index < -0.39 is 58.7 Å². The Morgan fingerprint density at radius 2 is 0.810 bits per heavy atom. The fraction of sp³-hybridized carbons (Fsp3) is 0.214. The summed E-state index contributed by atoms with van der Waals surface area (Å²) in [4.78, 5) is 0. The van der Waals surface area contributed by atoms with Gasteiger partial charge in [-0.25, -0.2) is 0 Å². The number of aliphatic hydroxyl groups is 2. The zero-order valence-corrected chi connectivity index (χ0v) is 20.4. The Morgan fingerprint density at radius 3 is 1.24 bits per heavy atom. The summed E-state index contributed by atoms with van der Waals surface area (Å²) in [6.07, 6.45) is -26.6. The topological polar surface area (TPSA) is 40.5 Å². The van der Waals surface area contributed by atoms with E-state index in [0.717, 1.165) is 6.07 Å². The fourth-order valence-corrected chi connectivity index (χ4v) is 5.16. The molecule has 0 amide bonds. The van der Waals surface area contributed by atoms with E-state index in [4.69, 9.17) is 0 Å². The molecule has 0 saturated heterocycles. The lowest BCUT2D eigenvalue weighted by molar-refractivity contribution is -0.378. The van der Waals surface area contributed by atoms with Gasteiger partial charge < -0.3 is 10.2 Å². The number of rotatable bonds is 3. The van der Waals surface area contributed by atoms with Gasteiger partial charge >= 0.3 is 24.7 Å². The van der Waals surface area contributed by atoms with Crippen LogP contribution in [0.25, 0.3) is 43.4 Å². The zero-order valence-electron chi connectivity index (χ0n) is 20.4. The number of hydrogen-bond donors (Lipinski definition) is 2. The Balaban J connectivity index is 1.95. The van der Waals surface area contributed by atoms with Crippen LogP contribution in [-0.4, -0.2) is 34.9 Å². The zero-order chi connectivity index (χ0) is 31.3. The highest BCUT2D eigenvalue weighted by Crippen LogP contribution is 2.55. The van der Waals surface area contributed by atoms with Gasteiger partial charge in [0, 0.05) is 11.1 Å². The highest BCUT2D eigenvalue weighted by atomic mass is 19.4. The van der Waals surface area contributed by atoms with Gasteiger partial charge in [0.25, 0.3) is 11.2 Å². The minimum Gasteiger partial charge on any atom is -0.369 e. The average Bonchev–Trinajstić information content (AvgIpc) is 2.87. The molecule has 5 aromatic rings. The van der Waals surface area contributed by atoms with Crippen LogP contribution >= 0.6 is 0 Å². The van der Waals surface area contributed by atoms with Crippen LogP contribution in [0.1, 0.15) is 11.1 Å². The Bertz CT molecular complexity index is 1710. The molecule has 5 aromatic carbocycles. The van der Waals surface area contributed by atoms with Crippen molar-refractivity contribution in [2.45, 2.75) is 35.9 Å². The first-order valence-electron chi connectivity index (χ1n) is 11.7. The first-order valence-corrected chi connectivity index (χ1v) is 11.7. The van der Waals surface area contributed by atoms with Crippen LogP contribution in [0.3, 0.4) is 0 Å². The van der Waals surface area contributed by atoms with Crippen LogP contribution in [0.5, 0.6) is 0 Å². The fourth-order valence-electron chi connectivity index (χ4n) is 5.16. The first kappa shape index (κ1) is 29.7. The molecule has 5 rings (SSSR count). The van der Waals surface area contributed by atoms with Crippen molar-refractivity contribution in [1.29, 1.82) is 0 Å². The molecule has 0 aromatic heterocycles. The number of alkyl halides is 12. The smallest absolute Gasteiger partial charge is 0.369 e. The van der Waals surface area contributed by atoms with Gasteiger partial charge in [-0.2, -0.15) is 52.7 Å².